The van der Waals surface area contributed by atoms with Crippen LogP contribution in [0.4, 0.5) is 0 Å². The smallest absolute Gasteiger partial charge is 0.223 e. The van der Waals surface area contributed by atoms with E-state index in [2.05, 4.69) is 0 Å². The molecule has 0 aliphatic carbocycles. The minimum Gasteiger partial charge on any atom is -0.392 e. The van der Waals surface area contributed by atoms with Crippen LogP contribution in [0.2, 0.25) is 0 Å². The minimum atomic E-state index is -2.05. The Bertz CT molecular complexity index is 1970. The van der Waals surface area contributed by atoms with Crippen LogP contribution in [0.1, 0.15) is 33.4 Å². The topological polar surface area (TPSA) is 86.6 Å². The molecule has 6 aromatic carbocycles. The summed E-state index contributed by atoms with van der Waals surface area (Å²) in [5.74, 6) is -2.05. The summed E-state index contributed by atoms with van der Waals surface area (Å²) in [4.78, 5) is 0. The number of benzene rings is 6. The molecule has 1 unspecified atom stereocenters. The summed E-state index contributed by atoms with van der Waals surface area (Å²) < 4.78 is 33.6. The fraction of sp³-hybridized carbons (Fsp3) is 0.244. The molecule has 2 N–H and O–H groups in total. The number of hydrogen-bond donors (Lipinski definition) is 2. The quantitative estimate of drug-likeness (QED) is 0.113. The first-order chi connectivity index (χ1) is 25.6. The average Bonchev–Trinajstić information content (AvgIpc) is 3.20. The Balaban J connectivity index is 1.33. The van der Waals surface area contributed by atoms with E-state index in [1.165, 1.54) is 0 Å². The Morgan fingerprint density at radius 1 is 0.519 bits per heavy atom. The number of hydrogen-bond acceptors (Lipinski definition) is 7. The lowest BCUT2D eigenvalue weighted by Gasteiger charge is -2.50. The molecule has 0 saturated carbocycles. The van der Waals surface area contributed by atoms with Crippen molar-refractivity contribution in [2.24, 2.45) is 0 Å². The van der Waals surface area contributed by atoms with Gasteiger partial charge in [-0.3, -0.25) is 0 Å². The Morgan fingerprint density at radius 2 is 1.00 bits per heavy atom. The van der Waals surface area contributed by atoms with Crippen molar-refractivity contribution < 1.29 is 33.9 Å². The number of fused-ring (bicyclic) bond motifs is 1. The van der Waals surface area contributed by atoms with Crippen LogP contribution in [0, 0.1) is 0 Å². The molecule has 1 saturated heterocycles. The molecule has 52 heavy (non-hydrogen) atoms. The maximum absolute atomic E-state index is 13.2. The van der Waals surface area contributed by atoms with Gasteiger partial charge in [0.05, 0.1) is 39.6 Å². The van der Waals surface area contributed by atoms with Gasteiger partial charge in [0.15, 0.2) is 0 Å². The van der Waals surface area contributed by atoms with E-state index in [1.807, 2.05) is 152 Å². The fourth-order valence-electron chi connectivity index (χ4n) is 6.83. The van der Waals surface area contributed by atoms with Crippen molar-refractivity contribution in [2.75, 3.05) is 6.61 Å². The first-order valence-corrected chi connectivity index (χ1v) is 17.7. The van der Waals surface area contributed by atoms with Crippen molar-refractivity contribution in [2.45, 2.75) is 63.2 Å². The van der Waals surface area contributed by atoms with Gasteiger partial charge in [0.25, 0.3) is 0 Å². The molecule has 7 rings (SSSR count). The standard InChI is InChI=1S/C45H44O7/c46-27-37-25-38-23-13-14-24-39(38)40(26-37)45(47)44(51-31-36-21-11-4-12-22-36)43(50-30-35-19-9-3-10-20-35)42(49-29-34-17-7-2-8-18-34)41(52-45)32-48-28-33-15-5-1-6-16-33/h1-26,41-44,46-47H,27-32H2/t41-,42-,43+,44-,45?/m1/s1. The number of rotatable bonds is 15. The average molecular weight is 697 g/mol. The van der Waals surface area contributed by atoms with Crippen molar-refractivity contribution in [3.8, 4) is 0 Å². The summed E-state index contributed by atoms with van der Waals surface area (Å²) in [7, 11) is 0. The lowest BCUT2D eigenvalue weighted by molar-refractivity contribution is -0.378. The molecule has 0 aromatic heterocycles. The third-order valence-electron chi connectivity index (χ3n) is 9.43. The summed E-state index contributed by atoms with van der Waals surface area (Å²) >= 11 is 0. The summed E-state index contributed by atoms with van der Waals surface area (Å²) in [5, 5.41) is 25.2. The lowest BCUT2D eigenvalue weighted by atomic mass is 9.84. The van der Waals surface area contributed by atoms with Crippen LogP contribution in [-0.4, -0.2) is 41.2 Å². The second kappa shape index (κ2) is 17.2. The number of aliphatic hydroxyl groups excluding tert-OH is 1. The molecular formula is C45H44O7. The van der Waals surface area contributed by atoms with Crippen LogP contribution < -0.4 is 0 Å². The molecule has 1 fully saturated rings. The fourth-order valence-corrected chi connectivity index (χ4v) is 6.83. The van der Waals surface area contributed by atoms with Crippen molar-refractivity contribution in [1.29, 1.82) is 0 Å². The van der Waals surface area contributed by atoms with E-state index in [0.29, 0.717) is 17.7 Å². The van der Waals surface area contributed by atoms with E-state index in [4.69, 9.17) is 23.7 Å². The first-order valence-electron chi connectivity index (χ1n) is 17.7. The minimum absolute atomic E-state index is 0.102. The maximum Gasteiger partial charge on any atom is 0.223 e. The molecule has 1 aliphatic rings. The SMILES string of the molecule is OCc1cc(C2(O)O[C@H](COCc3ccccc3)[C@@H](OCc3ccccc3)[C@H](OCc3ccccc3)[C@H]2OCc2ccccc2)c2ccccc2c1. The van der Waals surface area contributed by atoms with Crippen molar-refractivity contribution in [1.82, 2.24) is 0 Å². The molecular weight excluding hydrogens is 652 g/mol. The van der Waals surface area contributed by atoms with E-state index in [0.717, 1.165) is 33.0 Å². The van der Waals surface area contributed by atoms with E-state index >= 15 is 0 Å². The molecule has 0 amide bonds. The zero-order valence-electron chi connectivity index (χ0n) is 29.0. The van der Waals surface area contributed by atoms with Gasteiger partial charge in [0, 0.05) is 5.56 Å². The van der Waals surface area contributed by atoms with Crippen LogP contribution in [0.5, 0.6) is 0 Å². The predicted molar refractivity (Wildman–Crippen MR) is 200 cm³/mol. The highest BCUT2D eigenvalue weighted by Gasteiger charge is 2.57. The molecule has 1 heterocycles. The second-order valence-electron chi connectivity index (χ2n) is 13.1. The van der Waals surface area contributed by atoms with Crippen LogP contribution in [0.25, 0.3) is 10.8 Å². The summed E-state index contributed by atoms with van der Waals surface area (Å²) in [6, 6.07) is 51.1. The third-order valence-corrected chi connectivity index (χ3v) is 9.43. The highest BCUT2D eigenvalue weighted by Crippen LogP contribution is 2.44. The molecule has 6 aromatic rings. The predicted octanol–water partition coefficient (Wildman–Crippen LogP) is 7.85. The van der Waals surface area contributed by atoms with Gasteiger partial charge in [-0.05, 0) is 50.7 Å². The van der Waals surface area contributed by atoms with Crippen molar-refractivity contribution in [3.63, 3.8) is 0 Å². The molecule has 1 aliphatic heterocycles. The monoisotopic (exact) mass is 696 g/mol. The van der Waals surface area contributed by atoms with Crippen LogP contribution in [0.3, 0.4) is 0 Å². The van der Waals surface area contributed by atoms with Gasteiger partial charge < -0.3 is 33.9 Å². The zero-order valence-corrected chi connectivity index (χ0v) is 29.0. The normalized spacial score (nSPS) is 21.7. The van der Waals surface area contributed by atoms with Gasteiger partial charge >= 0.3 is 0 Å². The Morgan fingerprint density at radius 3 is 1.56 bits per heavy atom. The van der Waals surface area contributed by atoms with Gasteiger partial charge in [-0.25, -0.2) is 0 Å². The highest BCUT2D eigenvalue weighted by molar-refractivity contribution is 5.87. The van der Waals surface area contributed by atoms with E-state index in [1.54, 1.807) is 6.07 Å². The van der Waals surface area contributed by atoms with Gasteiger partial charge in [-0.2, -0.15) is 0 Å². The summed E-state index contributed by atoms with van der Waals surface area (Å²) in [5.41, 5.74) is 4.99. The zero-order chi connectivity index (χ0) is 35.6. The molecule has 5 atom stereocenters. The van der Waals surface area contributed by atoms with E-state index < -0.39 is 30.2 Å². The molecule has 7 heteroatoms. The van der Waals surface area contributed by atoms with E-state index in [9.17, 15) is 10.2 Å². The van der Waals surface area contributed by atoms with Crippen molar-refractivity contribution >= 4 is 10.8 Å². The maximum atomic E-state index is 13.2. The second-order valence-corrected chi connectivity index (χ2v) is 13.1. The molecule has 0 spiro atoms. The highest BCUT2D eigenvalue weighted by atomic mass is 16.7. The lowest BCUT2D eigenvalue weighted by Crippen LogP contribution is -2.65. The van der Waals surface area contributed by atoms with Gasteiger partial charge in [-0.15, -0.1) is 0 Å². The summed E-state index contributed by atoms with van der Waals surface area (Å²) in [6.07, 6.45) is -3.40. The van der Waals surface area contributed by atoms with Crippen LogP contribution in [-0.2, 0) is 62.5 Å². The van der Waals surface area contributed by atoms with Crippen LogP contribution >= 0.6 is 0 Å². The Labute approximate surface area is 305 Å². The van der Waals surface area contributed by atoms with Crippen molar-refractivity contribution in [3.05, 3.63) is 191 Å². The molecule has 0 bridgehead atoms. The number of aliphatic hydroxyl groups is 2. The number of ether oxygens (including phenoxy) is 5. The Kier molecular flexibility index (Phi) is 11.8. The largest absolute Gasteiger partial charge is 0.392 e. The van der Waals surface area contributed by atoms with Crippen LogP contribution in [0.15, 0.2) is 158 Å². The van der Waals surface area contributed by atoms with Gasteiger partial charge in [-0.1, -0.05) is 146 Å². The molecule has 7 nitrogen and oxygen atoms in total. The molecule has 0 radical (unpaired) electrons. The van der Waals surface area contributed by atoms with Gasteiger partial charge in [0.2, 0.25) is 5.79 Å². The van der Waals surface area contributed by atoms with E-state index in [-0.39, 0.29) is 33.0 Å². The third kappa shape index (κ3) is 8.49. The Hall–Kier alpha value is -4.70. The summed E-state index contributed by atoms with van der Waals surface area (Å²) in [6.45, 7) is 0.932. The first kappa shape index (κ1) is 35.7. The molecule has 266 valence electrons. The van der Waals surface area contributed by atoms with Gasteiger partial charge in [0.1, 0.15) is 24.4 Å².